The number of guanidine groups is 1. The Morgan fingerprint density at radius 2 is 1.86 bits per heavy atom. The largest absolute Gasteiger partial charge is 0.370 e. The SMILES string of the molecule is I.NC(=O)C1CCN(CCCCN=C(N)N2CCN(c3nccs3)CC2)CC1. The van der Waals surface area contributed by atoms with E-state index in [-0.39, 0.29) is 35.8 Å². The minimum Gasteiger partial charge on any atom is -0.370 e. The van der Waals surface area contributed by atoms with Crippen LogP contribution in [0.15, 0.2) is 16.6 Å². The number of unbranched alkanes of at least 4 members (excludes halogenated alkanes) is 1. The van der Waals surface area contributed by atoms with E-state index < -0.39 is 0 Å². The summed E-state index contributed by atoms with van der Waals surface area (Å²) in [5.41, 5.74) is 11.6. The van der Waals surface area contributed by atoms with Gasteiger partial charge in [0.15, 0.2) is 11.1 Å². The minimum atomic E-state index is -0.146. The van der Waals surface area contributed by atoms with Gasteiger partial charge >= 0.3 is 0 Å². The van der Waals surface area contributed by atoms with Crippen molar-refractivity contribution in [3.05, 3.63) is 11.6 Å². The standard InChI is InChI=1S/C18H31N7OS.HI/c19-16(26)15-3-8-23(9-4-15)7-2-1-5-21-17(20)24-10-12-25(13-11-24)18-22-6-14-27-18;/h6,14-15H,1-5,7-13H2,(H2,19,26)(H2,20,21);1H. The summed E-state index contributed by atoms with van der Waals surface area (Å²) in [7, 11) is 0. The molecule has 0 spiro atoms. The zero-order valence-electron chi connectivity index (χ0n) is 16.3. The molecule has 0 bridgehead atoms. The summed E-state index contributed by atoms with van der Waals surface area (Å²) in [6.45, 7) is 7.44. The maximum absolute atomic E-state index is 11.2. The van der Waals surface area contributed by atoms with E-state index in [9.17, 15) is 4.79 Å². The highest BCUT2D eigenvalue weighted by Gasteiger charge is 2.22. The first-order valence-electron chi connectivity index (χ1n) is 9.84. The molecule has 10 heteroatoms. The van der Waals surface area contributed by atoms with Gasteiger partial charge in [0.25, 0.3) is 0 Å². The molecule has 2 saturated heterocycles. The van der Waals surface area contributed by atoms with Crippen molar-refractivity contribution in [1.82, 2.24) is 14.8 Å². The molecule has 3 rings (SSSR count). The summed E-state index contributed by atoms with van der Waals surface area (Å²) in [4.78, 5) is 27.0. The van der Waals surface area contributed by atoms with E-state index in [0.29, 0.717) is 5.96 Å². The smallest absolute Gasteiger partial charge is 0.220 e. The van der Waals surface area contributed by atoms with Crippen LogP contribution < -0.4 is 16.4 Å². The quantitative estimate of drug-likeness (QED) is 0.242. The summed E-state index contributed by atoms with van der Waals surface area (Å²) in [5.74, 6) is 0.588. The summed E-state index contributed by atoms with van der Waals surface area (Å²) in [6.07, 6.45) is 5.79. The third kappa shape index (κ3) is 6.73. The molecule has 4 N–H and O–H groups in total. The second-order valence-electron chi connectivity index (χ2n) is 7.25. The van der Waals surface area contributed by atoms with Crippen molar-refractivity contribution < 1.29 is 4.79 Å². The number of halogens is 1. The van der Waals surface area contributed by atoms with Crippen LogP contribution in [-0.2, 0) is 4.79 Å². The van der Waals surface area contributed by atoms with Crippen molar-refractivity contribution in [1.29, 1.82) is 0 Å². The first kappa shape index (κ1) is 23.1. The molecule has 1 aromatic heterocycles. The monoisotopic (exact) mass is 521 g/mol. The molecule has 3 heterocycles. The molecule has 0 aromatic carbocycles. The van der Waals surface area contributed by atoms with Crippen molar-refractivity contribution in [3.63, 3.8) is 0 Å². The summed E-state index contributed by atoms with van der Waals surface area (Å²) in [5, 5.41) is 3.10. The Kier molecular flexibility index (Phi) is 9.72. The molecule has 0 radical (unpaired) electrons. The van der Waals surface area contributed by atoms with Gasteiger partial charge in [0.05, 0.1) is 0 Å². The lowest BCUT2D eigenvalue weighted by atomic mass is 9.96. The van der Waals surface area contributed by atoms with Crippen molar-refractivity contribution in [3.8, 4) is 0 Å². The number of piperazine rings is 1. The van der Waals surface area contributed by atoms with Crippen LogP contribution in [0.1, 0.15) is 25.7 Å². The van der Waals surface area contributed by atoms with E-state index in [4.69, 9.17) is 11.5 Å². The number of rotatable bonds is 7. The highest BCUT2D eigenvalue weighted by Crippen LogP contribution is 2.19. The van der Waals surface area contributed by atoms with Gasteiger partial charge in [0.1, 0.15) is 0 Å². The topological polar surface area (TPSA) is 104 Å². The maximum Gasteiger partial charge on any atom is 0.220 e. The molecule has 2 aliphatic rings. The van der Waals surface area contributed by atoms with Gasteiger partial charge in [-0.15, -0.1) is 35.3 Å². The molecule has 8 nitrogen and oxygen atoms in total. The Balaban J connectivity index is 0.00000280. The van der Waals surface area contributed by atoms with Crippen molar-refractivity contribution in [2.24, 2.45) is 22.4 Å². The fourth-order valence-corrected chi connectivity index (χ4v) is 4.38. The van der Waals surface area contributed by atoms with Gasteiger partial charge in [0.2, 0.25) is 5.91 Å². The third-order valence-electron chi connectivity index (χ3n) is 5.44. The predicted octanol–water partition coefficient (Wildman–Crippen LogP) is 1.18. The van der Waals surface area contributed by atoms with E-state index in [0.717, 1.165) is 83.2 Å². The first-order valence-corrected chi connectivity index (χ1v) is 10.7. The first-order chi connectivity index (χ1) is 13.1. The number of amides is 1. The number of aliphatic imine (C=N–C) groups is 1. The Bertz CT molecular complexity index is 611. The number of piperidine rings is 1. The third-order valence-corrected chi connectivity index (χ3v) is 6.27. The van der Waals surface area contributed by atoms with Crippen LogP contribution in [0.2, 0.25) is 0 Å². The highest BCUT2D eigenvalue weighted by molar-refractivity contribution is 14.0. The number of nitrogens with two attached hydrogens (primary N) is 2. The molecule has 2 aliphatic heterocycles. The maximum atomic E-state index is 11.2. The Hall–Kier alpha value is -1.14. The van der Waals surface area contributed by atoms with Crippen LogP contribution >= 0.6 is 35.3 Å². The van der Waals surface area contributed by atoms with Crippen LogP contribution in [0.5, 0.6) is 0 Å². The molecule has 0 atom stereocenters. The van der Waals surface area contributed by atoms with Crippen LogP contribution in [0, 0.1) is 5.92 Å². The molecule has 158 valence electrons. The van der Waals surface area contributed by atoms with E-state index in [1.54, 1.807) is 11.3 Å². The summed E-state index contributed by atoms with van der Waals surface area (Å²) in [6, 6.07) is 0. The molecule has 28 heavy (non-hydrogen) atoms. The van der Waals surface area contributed by atoms with Crippen LogP contribution in [0.4, 0.5) is 5.13 Å². The number of hydrogen-bond acceptors (Lipinski definition) is 6. The van der Waals surface area contributed by atoms with Crippen LogP contribution in [0.3, 0.4) is 0 Å². The normalized spacial score (nSPS) is 19.5. The second kappa shape index (κ2) is 11.8. The highest BCUT2D eigenvalue weighted by atomic mass is 127. The average molecular weight is 521 g/mol. The molecule has 0 aliphatic carbocycles. The van der Waals surface area contributed by atoms with Gasteiger partial charge in [-0.25, -0.2) is 4.98 Å². The van der Waals surface area contributed by atoms with Gasteiger partial charge in [-0.2, -0.15) is 0 Å². The molecule has 1 aromatic rings. The summed E-state index contributed by atoms with van der Waals surface area (Å²) < 4.78 is 0. The second-order valence-corrected chi connectivity index (χ2v) is 8.13. The van der Waals surface area contributed by atoms with Crippen molar-refractivity contribution in [2.75, 3.05) is 57.3 Å². The number of nitrogens with zero attached hydrogens (tertiary/aromatic N) is 5. The van der Waals surface area contributed by atoms with Crippen LogP contribution in [0.25, 0.3) is 0 Å². The Morgan fingerprint density at radius 1 is 1.14 bits per heavy atom. The van der Waals surface area contributed by atoms with E-state index in [1.807, 2.05) is 11.6 Å². The number of carbonyl (C=O) groups is 1. The number of aromatic nitrogens is 1. The molecular weight excluding hydrogens is 489 g/mol. The molecule has 0 unspecified atom stereocenters. The van der Waals surface area contributed by atoms with E-state index in [1.165, 1.54) is 0 Å². The number of anilines is 1. The van der Waals surface area contributed by atoms with Gasteiger partial charge in [-0.3, -0.25) is 9.79 Å². The fourth-order valence-electron chi connectivity index (χ4n) is 3.68. The van der Waals surface area contributed by atoms with Gasteiger partial charge in [-0.1, -0.05) is 0 Å². The fraction of sp³-hybridized carbons (Fsp3) is 0.722. The molecule has 1 amide bonds. The Labute approximate surface area is 188 Å². The lowest BCUT2D eigenvalue weighted by molar-refractivity contribution is -0.123. The zero-order valence-corrected chi connectivity index (χ0v) is 19.5. The van der Waals surface area contributed by atoms with Crippen LogP contribution in [-0.4, -0.2) is 79.0 Å². The average Bonchev–Trinajstić information content (AvgIpc) is 3.23. The van der Waals surface area contributed by atoms with Gasteiger partial charge in [0, 0.05) is 50.2 Å². The predicted molar refractivity (Wildman–Crippen MR) is 125 cm³/mol. The zero-order chi connectivity index (χ0) is 19.1. The minimum absolute atomic E-state index is 0. The number of hydrogen-bond donors (Lipinski definition) is 2. The lowest BCUT2D eigenvalue weighted by Crippen LogP contribution is -2.51. The van der Waals surface area contributed by atoms with Gasteiger partial charge in [-0.05, 0) is 45.3 Å². The van der Waals surface area contributed by atoms with Gasteiger partial charge < -0.3 is 26.2 Å². The number of primary amides is 1. The van der Waals surface area contributed by atoms with Crippen molar-refractivity contribution in [2.45, 2.75) is 25.7 Å². The number of carbonyl (C=O) groups excluding carboxylic acids is 1. The van der Waals surface area contributed by atoms with E-state index >= 15 is 0 Å². The number of likely N-dealkylation sites (tertiary alicyclic amines) is 1. The molecular formula is C18H32IN7OS. The molecule has 2 fully saturated rings. The number of thiazole rings is 1. The molecule has 0 saturated carbocycles. The summed E-state index contributed by atoms with van der Waals surface area (Å²) >= 11 is 1.68. The Morgan fingerprint density at radius 3 is 2.46 bits per heavy atom. The van der Waals surface area contributed by atoms with Crippen molar-refractivity contribution >= 4 is 52.3 Å². The van der Waals surface area contributed by atoms with E-state index in [2.05, 4.69) is 24.7 Å². The lowest BCUT2D eigenvalue weighted by Gasteiger charge is -2.35.